The minimum absolute atomic E-state index is 0.0931. The number of rotatable bonds is 3. The predicted molar refractivity (Wildman–Crippen MR) is 146 cm³/mol. The van der Waals surface area contributed by atoms with E-state index in [1.54, 1.807) is 34.4 Å². The smallest absolute Gasteiger partial charge is 0.271 e. The van der Waals surface area contributed by atoms with Crippen LogP contribution in [0.3, 0.4) is 0 Å². The fourth-order valence-electron chi connectivity index (χ4n) is 4.64. The molecule has 0 unspecified atom stereocenters. The molecule has 0 amide bonds. The van der Waals surface area contributed by atoms with Crippen LogP contribution in [-0.4, -0.2) is 11.6 Å². The van der Waals surface area contributed by atoms with Gasteiger partial charge in [-0.3, -0.25) is 9.36 Å². The van der Waals surface area contributed by atoms with E-state index in [9.17, 15) is 4.79 Å². The second-order valence-corrected chi connectivity index (χ2v) is 11.3. The third kappa shape index (κ3) is 3.26. The molecule has 0 fully saturated rings. The fraction of sp³-hybridized carbons (Fsp3) is 0.185. The van der Waals surface area contributed by atoms with Gasteiger partial charge in [-0.15, -0.1) is 11.3 Å². The van der Waals surface area contributed by atoms with Crippen LogP contribution >= 0.6 is 34.4 Å². The quantitative estimate of drug-likeness (QED) is 0.334. The topological polar surface area (TPSA) is 29.1 Å². The molecule has 5 aromatic rings. The lowest BCUT2D eigenvalue weighted by Crippen LogP contribution is -2.35. The molecule has 0 atom stereocenters. The standard InChI is InChI=1S/C27H24N3OS3/c1-4-29-20-15-14-17-10-6-7-11-18(17)24(20)33-22(29)16-23-30(5-2)26(31)25(34-23)27-28(3)19-12-8-9-13-21(19)32-27/h6-16H,4-5H2,1-3H3/q+1/b27-25-. The molecule has 170 valence electrons. The number of hydrogen-bond acceptors (Lipinski definition) is 5. The van der Waals surface area contributed by atoms with Gasteiger partial charge in [0.2, 0.25) is 5.52 Å². The first-order chi connectivity index (χ1) is 16.6. The van der Waals surface area contributed by atoms with Crippen molar-refractivity contribution >= 4 is 72.2 Å². The highest BCUT2D eigenvalue weighted by Gasteiger charge is 2.25. The zero-order valence-corrected chi connectivity index (χ0v) is 21.7. The lowest BCUT2D eigenvalue weighted by molar-refractivity contribution is -0.665. The molecule has 0 aliphatic carbocycles. The fourth-order valence-corrected chi connectivity index (χ4v) is 8.46. The van der Waals surface area contributed by atoms with Crippen LogP contribution in [0.15, 0.2) is 70.4 Å². The van der Waals surface area contributed by atoms with E-state index in [4.69, 9.17) is 0 Å². The number of aromatic nitrogens is 2. The number of benzene rings is 3. The summed E-state index contributed by atoms with van der Waals surface area (Å²) in [7, 11) is 2.05. The normalized spacial score (nSPS) is 15.6. The summed E-state index contributed by atoms with van der Waals surface area (Å²) in [6.45, 7) is 5.76. The molecule has 6 rings (SSSR count). The molecule has 0 saturated heterocycles. The van der Waals surface area contributed by atoms with Gasteiger partial charge in [0.15, 0.2) is 0 Å². The van der Waals surface area contributed by atoms with Crippen LogP contribution in [0.5, 0.6) is 0 Å². The number of anilines is 1. The third-order valence-electron chi connectivity index (χ3n) is 6.35. The van der Waals surface area contributed by atoms with Gasteiger partial charge in [-0.1, -0.05) is 59.5 Å². The Kier molecular flexibility index (Phi) is 5.36. The molecule has 0 saturated carbocycles. The first-order valence-electron chi connectivity index (χ1n) is 11.4. The van der Waals surface area contributed by atoms with Crippen LogP contribution in [0.1, 0.15) is 18.9 Å². The van der Waals surface area contributed by atoms with E-state index in [0.717, 1.165) is 26.5 Å². The van der Waals surface area contributed by atoms with Crippen LogP contribution in [-0.2, 0) is 13.1 Å². The van der Waals surface area contributed by atoms with Crippen LogP contribution in [0.4, 0.5) is 5.69 Å². The molecule has 7 heteroatoms. The second kappa shape index (κ2) is 8.41. The van der Waals surface area contributed by atoms with Crippen molar-refractivity contribution in [3.8, 4) is 0 Å². The highest BCUT2D eigenvalue weighted by molar-refractivity contribution is 8.08. The highest BCUT2D eigenvalue weighted by Crippen LogP contribution is 2.44. The molecule has 0 spiro atoms. The number of para-hydroxylation sites is 1. The molecule has 3 heterocycles. The third-order valence-corrected chi connectivity index (χ3v) is 10.0. The molecule has 34 heavy (non-hydrogen) atoms. The Morgan fingerprint density at radius 2 is 1.76 bits per heavy atom. The summed E-state index contributed by atoms with van der Waals surface area (Å²) in [4.78, 5) is 16.8. The van der Waals surface area contributed by atoms with Crippen molar-refractivity contribution in [2.75, 3.05) is 11.9 Å². The van der Waals surface area contributed by atoms with Gasteiger partial charge in [0, 0.05) is 29.9 Å². The van der Waals surface area contributed by atoms with Crippen molar-refractivity contribution in [3.63, 3.8) is 0 Å². The van der Waals surface area contributed by atoms with Crippen LogP contribution in [0.25, 0.3) is 32.1 Å². The summed E-state index contributed by atoms with van der Waals surface area (Å²) in [6.07, 6.45) is 2.20. The van der Waals surface area contributed by atoms with Crippen molar-refractivity contribution < 1.29 is 4.57 Å². The van der Waals surface area contributed by atoms with Gasteiger partial charge in [0.05, 0.1) is 11.8 Å². The zero-order valence-electron chi connectivity index (χ0n) is 19.2. The van der Waals surface area contributed by atoms with E-state index in [-0.39, 0.29) is 5.56 Å². The van der Waals surface area contributed by atoms with Crippen molar-refractivity contribution in [3.05, 3.63) is 85.2 Å². The van der Waals surface area contributed by atoms with E-state index in [2.05, 4.69) is 84.1 Å². The van der Waals surface area contributed by atoms with Gasteiger partial charge >= 0.3 is 0 Å². The highest BCUT2D eigenvalue weighted by atomic mass is 32.2. The lowest BCUT2D eigenvalue weighted by atomic mass is 10.1. The molecule has 4 nitrogen and oxygen atoms in total. The van der Waals surface area contributed by atoms with E-state index in [1.165, 1.54) is 30.9 Å². The minimum Gasteiger partial charge on any atom is -0.337 e. The average Bonchev–Trinajstić information content (AvgIpc) is 3.49. The summed E-state index contributed by atoms with van der Waals surface area (Å²) in [5, 5.41) is 4.73. The molecule has 0 radical (unpaired) electrons. The Morgan fingerprint density at radius 1 is 0.971 bits per heavy atom. The molecule has 1 aliphatic heterocycles. The molecule has 0 N–H and O–H groups in total. The molecule has 3 aromatic carbocycles. The maximum absolute atomic E-state index is 13.5. The van der Waals surface area contributed by atoms with E-state index in [1.807, 2.05) is 17.6 Å². The van der Waals surface area contributed by atoms with Gasteiger partial charge in [-0.05, 0) is 37.4 Å². The van der Waals surface area contributed by atoms with Gasteiger partial charge < -0.3 is 4.90 Å². The minimum atomic E-state index is 0.0931. The number of thiazole rings is 2. The monoisotopic (exact) mass is 502 g/mol. The first-order valence-corrected chi connectivity index (χ1v) is 13.9. The molecular weight excluding hydrogens is 479 g/mol. The number of hydrogen-bond donors (Lipinski definition) is 0. The van der Waals surface area contributed by atoms with Crippen molar-refractivity contribution in [1.82, 2.24) is 4.57 Å². The maximum Gasteiger partial charge on any atom is 0.271 e. The van der Waals surface area contributed by atoms with Crippen LogP contribution in [0, 0.1) is 0 Å². The van der Waals surface area contributed by atoms with Gasteiger partial charge in [0.25, 0.3) is 10.6 Å². The maximum atomic E-state index is 13.5. The summed E-state index contributed by atoms with van der Waals surface area (Å²) in [5.74, 6) is 0. The second-order valence-electron chi connectivity index (χ2n) is 8.22. The average molecular weight is 503 g/mol. The zero-order chi connectivity index (χ0) is 23.4. The summed E-state index contributed by atoms with van der Waals surface area (Å²) >= 11 is 5.09. The Bertz CT molecular complexity index is 1760. The summed E-state index contributed by atoms with van der Waals surface area (Å²) < 4.78 is 7.37. The van der Waals surface area contributed by atoms with E-state index >= 15 is 0 Å². The van der Waals surface area contributed by atoms with E-state index in [0.29, 0.717) is 6.54 Å². The molecule has 0 bridgehead atoms. The Hall–Kier alpha value is -2.87. The summed E-state index contributed by atoms with van der Waals surface area (Å²) in [5.41, 5.74) is 2.50. The van der Waals surface area contributed by atoms with Gasteiger partial charge in [-0.25, -0.2) is 0 Å². The Morgan fingerprint density at radius 3 is 2.56 bits per heavy atom. The number of fused-ring (bicyclic) bond motifs is 4. The van der Waals surface area contributed by atoms with Gasteiger partial charge in [-0.2, -0.15) is 4.57 Å². The summed E-state index contributed by atoms with van der Waals surface area (Å²) in [6, 6.07) is 21.3. The van der Waals surface area contributed by atoms with E-state index < -0.39 is 0 Å². The van der Waals surface area contributed by atoms with Crippen LogP contribution < -0.4 is 24.2 Å². The molecule has 2 aromatic heterocycles. The van der Waals surface area contributed by atoms with Crippen molar-refractivity contribution in [1.29, 1.82) is 0 Å². The largest absolute Gasteiger partial charge is 0.337 e. The van der Waals surface area contributed by atoms with Crippen molar-refractivity contribution in [2.24, 2.45) is 0 Å². The SMILES string of the molecule is CCn1c(=Cc2sc3c4ccccc4ccc3[n+]2CC)s/c(=C2\Sc3ccccc3N2C)c1=O. The Balaban J connectivity index is 1.60. The van der Waals surface area contributed by atoms with Gasteiger partial charge in [0.1, 0.15) is 25.5 Å². The first kappa shape index (κ1) is 21.6. The predicted octanol–water partition coefficient (Wildman–Crippen LogP) is 4.74. The number of thioether (sulfide) groups is 1. The van der Waals surface area contributed by atoms with Crippen LogP contribution in [0.2, 0.25) is 0 Å². The molecule has 1 aliphatic rings. The number of nitrogens with zero attached hydrogens (tertiary/aromatic N) is 3. The Labute approximate surface area is 209 Å². The lowest BCUT2D eigenvalue weighted by Gasteiger charge is -2.11. The number of aryl methyl sites for hydroxylation is 1. The van der Waals surface area contributed by atoms with Crippen molar-refractivity contribution in [2.45, 2.75) is 31.8 Å². The molecular formula is C27H24N3OS3+.